The van der Waals surface area contributed by atoms with Crippen molar-refractivity contribution in [2.45, 2.75) is 6.04 Å². The maximum Gasteiger partial charge on any atom is 0.300 e. The number of Topliss-reactive ketones (excluding diaryl/α,β-unsaturated/α-hetero) is 1. The molecule has 1 aromatic heterocycles. The first-order valence-electron chi connectivity index (χ1n) is 9.00. The van der Waals surface area contributed by atoms with Crippen LogP contribution in [-0.2, 0) is 9.59 Å². The van der Waals surface area contributed by atoms with Gasteiger partial charge in [0.05, 0.1) is 28.4 Å². The fourth-order valence-corrected chi connectivity index (χ4v) is 3.47. The summed E-state index contributed by atoms with van der Waals surface area (Å²) in [5.41, 5.74) is 0.685. The summed E-state index contributed by atoms with van der Waals surface area (Å²) in [6.07, 6.45) is 2.93. The number of rotatable bonds is 4. The van der Waals surface area contributed by atoms with Crippen molar-refractivity contribution in [3.8, 4) is 0 Å². The molecule has 3 aromatic rings. The van der Waals surface area contributed by atoms with Gasteiger partial charge in [0.25, 0.3) is 17.4 Å². The molecule has 1 aliphatic heterocycles. The van der Waals surface area contributed by atoms with Crippen molar-refractivity contribution in [2.24, 2.45) is 0 Å². The summed E-state index contributed by atoms with van der Waals surface area (Å²) in [7, 11) is 0. The van der Waals surface area contributed by atoms with E-state index in [4.69, 9.17) is 0 Å². The van der Waals surface area contributed by atoms with Crippen LogP contribution in [0, 0.1) is 10.1 Å². The number of nitro groups is 1. The Kier molecular flexibility index (Phi) is 4.81. The number of hydrogen-bond acceptors (Lipinski definition) is 6. The Labute approximate surface area is 170 Å². The Morgan fingerprint density at radius 3 is 2.47 bits per heavy atom. The van der Waals surface area contributed by atoms with Gasteiger partial charge in [-0.15, -0.1) is 0 Å². The second-order valence-electron chi connectivity index (χ2n) is 6.60. The highest BCUT2D eigenvalue weighted by Gasteiger charge is 2.47. The number of nitro benzene ring substituents is 1. The summed E-state index contributed by atoms with van der Waals surface area (Å²) in [5.74, 6) is -2.08. The highest BCUT2D eigenvalue weighted by Crippen LogP contribution is 2.42. The Hall–Kier alpha value is -4.33. The SMILES string of the molecule is O=C1C(=O)N(c2cccnc2)C(c2cccc([N+](=O)[O-])c2)/C1=C(/O)c1ccccc1. The predicted octanol–water partition coefficient (Wildman–Crippen LogP) is 3.62. The maximum atomic E-state index is 12.9. The molecular weight excluding hydrogens is 386 g/mol. The van der Waals surface area contributed by atoms with Gasteiger partial charge < -0.3 is 5.11 Å². The largest absolute Gasteiger partial charge is 0.507 e. The number of nitrogens with zero attached hydrogens (tertiary/aromatic N) is 3. The summed E-state index contributed by atoms with van der Waals surface area (Å²) in [6.45, 7) is 0. The minimum atomic E-state index is -1.05. The molecule has 0 radical (unpaired) electrons. The van der Waals surface area contributed by atoms with E-state index in [9.17, 15) is 24.8 Å². The van der Waals surface area contributed by atoms with E-state index in [2.05, 4.69) is 4.98 Å². The molecule has 0 saturated carbocycles. The second kappa shape index (κ2) is 7.59. The van der Waals surface area contributed by atoms with Crippen LogP contribution in [0.1, 0.15) is 17.2 Å². The third-order valence-electron chi connectivity index (χ3n) is 4.81. The number of benzene rings is 2. The topological polar surface area (TPSA) is 114 Å². The fourth-order valence-electron chi connectivity index (χ4n) is 3.47. The normalized spacial score (nSPS) is 17.9. The van der Waals surface area contributed by atoms with Crippen LogP contribution in [0.2, 0.25) is 0 Å². The van der Waals surface area contributed by atoms with Crippen molar-refractivity contribution < 1.29 is 19.6 Å². The van der Waals surface area contributed by atoms with E-state index in [1.165, 1.54) is 35.5 Å². The molecule has 1 N–H and O–H groups in total. The van der Waals surface area contributed by atoms with Crippen LogP contribution in [-0.4, -0.2) is 26.7 Å². The number of hydrogen-bond donors (Lipinski definition) is 1. The maximum absolute atomic E-state index is 12.9. The summed E-state index contributed by atoms with van der Waals surface area (Å²) < 4.78 is 0. The Balaban J connectivity index is 1.97. The number of anilines is 1. The second-order valence-corrected chi connectivity index (χ2v) is 6.60. The number of carbonyl (C=O) groups is 2. The van der Waals surface area contributed by atoms with E-state index < -0.39 is 22.7 Å². The van der Waals surface area contributed by atoms with E-state index in [0.29, 0.717) is 16.8 Å². The summed E-state index contributed by atoms with van der Waals surface area (Å²) >= 11 is 0. The third kappa shape index (κ3) is 3.20. The molecule has 1 amide bonds. The number of ketones is 1. The number of pyridine rings is 1. The molecule has 2 aromatic carbocycles. The lowest BCUT2D eigenvalue weighted by atomic mass is 9.95. The number of non-ortho nitro benzene ring substituents is 1. The number of aliphatic hydroxyl groups excluding tert-OH is 1. The van der Waals surface area contributed by atoms with Gasteiger partial charge in [0.15, 0.2) is 0 Å². The zero-order valence-electron chi connectivity index (χ0n) is 15.5. The van der Waals surface area contributed by atoms with Gasteiger partial charge in [0.2, 0.25) is 0 Å². The smallest absolute Gasteiger partial charge is 0.300 e. The molecule has 8 heteroatoms. The van der Waals surface area contributed by atoms with Crippen molar-refractivity contribution in [1.29, 1.82) is 0 Å². The van der Waals surface area contributed by atoms with Crippen molar-refractivity contribution in [1.82, 2.24) is 4.98 Å². The molecule has 0 aliphatic carbocycles. The van der Waals surface area contributed by atoms with Gasteiger partial charge >= 0.3 is 0 Å². The monoisotopic (exact) mass is 401 g/mol. The molecule has 1 atom stereocenters. The van der Waals surface area contributed by atoms with Gasteiger partial charge in [-0.05, 0) is 17.7 Å². The molecule has 1 saturated heterocycles. The zero-order valence-corrected chi connectivity index (χ0v) is 15.5. The van der Waals surface area contributed by atoms with Crippen LogP contribution in [0.3, 0.4) is 0 Å². The number of carbonyl (C=O) groups excluding carboxylic acids is 2. The Morgan fingerprint density at radius 1 is 1.03 bits per heavy atom. The lowest BCUT2D eigenvalue weighted by molar-refractivity contribution is -0.384. The van der Waals surface area contributed by atoms with Gasteiger partial charge in [-0.25, -0.2) is 0 Å². The van der Waals surface area contributed by atoms with Crippen LogP contribution in [0.25, 0.3) is 5.76 Å². The number of aromatic nitrogens is 1. The van der Waals surface area contributed by atoms with Crippen LogP contribution in [0.15, 0.2) is 84.7 Å². The van der Waals surface area contributed by atoms with E-state index in [-0.39, 0.29) is 17.0 Å². The van der Waals surface area contributed by atoms with Crippen LogP contribution in [0.5, 0.6) is 0 Å². The number of aliphatic hydroxyl groups is 1. The molecule has 1 unspecified atom stereocenters. The number of amides is 1. The lowest BCUT2D eigenvalue weighted by Crippen LogP contribution is -2.29. The highest BCUT2D eigenvalue weighted by atomic mass is 16.6. The molecule has 0 spiro atoms. The van der Waals surface area contributed by atoms with Gasteiger partial charge in [0, 0.05) is 23.9 Å². The van der Waals surface area contributed by atoms with Crippen molar-refractivity contribution in [3.05, 3.63) is 106 Å². The minimum Gasteiger partial charge on any atom is -0.507 e. The summed E-state index contributed by atoms with van der Waals surface area (Å²) in [5, 5.41) is 22.2. The molecular formula is C22H15N3O5. The van der Waals surface area contributed by atoms with E-state index in [1.54, 1.807) is 48.5 Å². The fraction of sp³-hybridized carbons (Fsp3) is 0.0455. The van der Waals surface area contributed by atoms with E-state index in [0.717, 1.165) is 0 Å². The Morgan fingerprint density at radius 2 is 1.80 bits per heavy atom. The van der Waals surface area contributed by atoms with Crippen LogP contribution >= 0.6 is 0 Å². The molecule has 0 bridgehead atoms. The van der Waals surface area contributed by atoms with Crippen molar-refractivity contribution >= 4 is 28.8 Å². The molecule has 30 heavy (non-hydrogen) atoms. The van der Waals surface area contributed by atoms with Crippen molar-refractivity contribution in [2.75, 3.05) is 4.90 Å². The van der Waals surface area contributed by atoms with Crippen LogP contribution in [0.4, 0.5) is 11.4 Å². The first kappa shape index (κ1) is 19.0. The van der Waals surface area contributed by atoms with E-state index >= 15 is 0 Å². The van der Waals surface area contributed by atoms with Crippen LogP contribution < -0.4 is 4.90 Å². The molecule has 1 aliphatic rings. The first-order chi connectivity index (χ1) is 14.5. The average Bonchev–Trinajstić information content (AvgIpc) is 3.05. The average molecular weight is 401 g/mol. The summed E-state index contributed by atoms with van der Waals surface area (Å²) in [4.78, 5) is 41.8. The summed E-state index contributed by atoms with van der Waals surface area (Å²) in [6, 6.07) is 16.2. The van der Waals surface area contributed by atoms with E-state index in [1.807, 2.05) is 0 Å². The van der Waals surface area contributed by atoms with Gasteiger partial charge in [-0.2, -0.15) is 0 Å². The quantitative estimate of drug-likeness (QED) is 0.235. The molecule has 1 fully saturated rings. The standard InChI is InChI=1S/C22H15N3O5/c26-20(14-6-2-1-3-7-14)18-19(15-8-4-9-16(12-15)25(29)30)24(22(28)21(18)27)17-10-5-11-23-13-17/h1-13,19,26H/b20-18-. The first-order valence-corrected chi connectivity index (χ1v) is 9.00. The van der Waals surface area contributed by atoms with Gasteiger partial charge in [-0.3, -0.25) is 29.6 Å². The molecule has 2 heterocycles. The highest BCUT2D eigenvalue weighted by molar-refractivity contribution is 6.51. The lowest BCUT2D eigenvalue weighted by Gasteiger charge is -2.25. The molecule has 8 nitrogen and oxygen atoms in total. The zero-order chi connectivity index (χ0) is 21.3. The van der Waals surface area contributed by atoms with Gasteiger partial charge in [-0.1, -0.05) is 42.5 Å². The molecule has 4 rings (SSSR count). The molecule has 148 valence electrons. The predicted molar refractivity (Wildman–Crippen MR) is 109 cm³/mol. The third-order valence-corrected chi connectivity index (χ3v) is 4.81. The Bertz CT molecular complexity index is 1180. The van der Waals surface area contributed by atoms with Gasteiger partial charge in [0.1, 0.15) is 5.76 Å². The minimum absolute atomic E-state index is 0.143. The van der Waals surface area contributed by atoms with Crippen molar-refractivity contribution in [3.63, 3.8) is 0 Å².